The van der Waals surface area contributed by atoms with Gasteiger partial charge >= 0.3 is 0 Å². The molecule has 1 aromatic heterocycles. The lowest BCUT2D eigenvalue weighted by Gasteiger charge is -2.07. The molecule has 0 spiro atoms. The van der Waals surface area contributed by atoms with Crippen molar-refractivity contribution < 1.29 is 9.90 Å². The molecular weight excluding hydrogens is 268 g/mol. The molecular formula is C8H11BrN2O2S. The molecule has 4 N–H and O–H groups in total. The summed E-state index contributed by atoms with van der Waals surface area (Å²) in [5, 5.41) is 13.6. The van der Waals surface area contributed by atoms with Gasteiger partial charge in [-0.3, -0.25) is 4.79 Å². The molecule has 0 aliphatic heterocycles. The van der Waals surface area contributed by atoms with Crippen LogP contribution in [0.2, 0.25) is 0 Å². The number of nitrogens with one attached hydrogen (secondary N) is 1. The van der Waals surface area contributed by atoms with Gasteiger partial charge in [0.05, 0.1) is 6.54 Å². The summed E-state index contributed by atoms with van der Waals surface area (Å²) in [5.41, 5.74) is 5.13. The van der Waals surface area contributed by atoms with Crippen LogP contribution in [0.15, 0.2) is 15.9 Å². The van der Waals surface area contributed by atoms with Crippen LogP contribution in [-0.2, 0) is 11.3 Å². The Morgan fingerprint density at radius 3 is 3.00 bits per heavy atom. The van der Waals surface area contributed by atoms with Crippen LogP contribution >= 0.6 is 27.3 Å². The lowest BCUT2D eigenvalue weighted by Crippen LogP contribution is -2.38. The molecule has 78 valence electrons. The molecule has 1 unspecified atom stereocenters. The second-order valence-corrected chi connectivity index (χ2v) is 4.61. The van der Waals surface area contributed by atoms with Crippen molar-refractivity contribution in [1.82, 2.24) is 5.32 Å². The Hall–Kier alpha value is -0.430. The van der Waals surface area contributed by atoms with Crippen molar-refractivity contribution in [2.24, 2.45) is 5.73 Å². The maximum absolute atomic E-state index is 11.1. The minimum Gasteiger partial charge on any atom is -0.382 e. The SMILES string of the molecule is NCC(O)C(=O)NCc1cc(Br)cs1. The molecule has 6 heteroatoms. The van der Waals surface area contributed by atoms with Gasteiger partial charge in [0.15, 0.2) is 0 Å². The van der Waals surface area contributed by atoms with Gasteiger partial charge in [-0.05, 0) is 22.0 Å². The number of aliphatic hydroxyl groups excluding tert-OH is 1. The van der Waals surface area contributed by atoms with E-state index >= 15 is 0 Å². The molecule has 0 radical (unpaired) electrons. The van der Waals surface area contributed by atoms with Gasteiger partial charge in [-0.2, -0.15) is 0 Å². The van der Waals surface area contributed by atoms with E-state index in [4.69, 9.17) is 10.8 Å². The molecule has 0 aliphatic carbocycles. The number of carbonyl (C=O) groups excluding carboxylic acids is 1. The van der Waals surface area contributed by atoms with Crippen molar-refractivity contribution in [3.05, 3.63) is 20.8 Å². The van der Waals surface area contributed by atoms with Gasteiger partial charge in [0, 0.05) is 21.3 Å². The number of thiophene rings is 1. The van der Waals surface area contributed by atoms with Crippen LogP contribution in [-0.4, -0.2) is 23.7 Å². The van der Waals surface area contributed by atoms with E-state index in [0.717, 1.165) is 9.35 Å². The quantitative estimate of drug-likeness (QED) is 0.749. The number of hydrogen-bond donors (Lipinski definition) is 3. The molecule has 0 fully saturated rings. The number of halogens is 1. The molecule has 0 saturated heterocycles. The first-order chi connectivity index (χ1) is 6.63. The maximum Gasteiger partial charge on any atom is 0.250 e. The average molecular weight is 279 g/mol. The molecule has 1 atom stereocenters. The van der Waals surface area contributed by atoms with Crippen LogP contribution in [0, 0.1) is 0 Å². The van der Waals surface area contributed by atoms with E-state index in [0.29, 0.717) is 6.54 Å². The number of amides is 1. The molecule has 1 rings (SSSR count). The molecule has 14 heavy (non-hydrogen) atoms. The van der Waals surface area contributed by atoms with E-state index in [1.54, 1.807) is 0 Å². The van der Waals surface area contributed by atoms with E-state index in [1.807, 2.05) is 11.4 Å². The van der Waals surface area contributed by atoms with Gasteiger partial charge in [0.1, 0.15) is 6.10 Å². The van der Waals surface area contributed by atoms with Crippen molar-refractivity contribution in [3.63, 3.8) is 0 Å². The Morgan fingerprint density at radius 1 is 1.79 bits per heavy atom. The number of nitrogens with two attached hydrogens (primary N) is 1. The lowest BCUT2D eigenvalue weighted by atomic mass is 10.3. The average Bonchev–Trinajstić information content (AvgIpc) is 2.59. The highest BCUT2D eigenvalue weighted by Gasteiger charge is 2.11. The predicted molar refractivity (Wildman–Crippen MR) is 58.9 cm³/mol. The summed E-state index contributed by atoms with van der Waals surface area (Å²) in [6, 6.07) is 1.92. The normalized spacial score (nSPS) is 12.5. The van der Waals surface area contributed by atoms with Crippen molar-refractivity contribution >= 4 is 33.2 Å². The van der Waals surface area contributed by atoms with Crippen molar-refractivity contribution in [2.75, 3.05) is 6.54 Å². The van der Waals surface area contributed by atoms with Crippen molar-refractivity contribution in [1.29, 1.82) is 0 Å². The summed E-state index contributed by atoms with van der Waals surface area (Å²) in [5.74, 6) is -0.433. The number of aliphatic hydroxyl groups is 1. The van der Waals surface area contributed by atoms with Gasteiger partial charge in [0.25, 0.3) is 0 Å². The second-order valence-electron chi connectivity index (χ2n) is 2.70. The molecule has 1 aromatic rings. The fourth-order valence-corrected chi connectivity index (χ4v) is 2.24. The summed E-state index contributed by atoms with van der Waals surface area (Å²) < 4.78 is 0.992. The van der Waals surface area contributed by atoms with E-state index in [-0.39, 0.29) is 6.54 Å². The van der Waals surface area contributed by atoms with Gasteiger partial charge in [-0.1, -0.05) is 0 Å². The number of hydrogen-bond acceptors (Lipinski definition) is 4. The third-order valence-electron chi connectivity index (χ3n) is 1.58. The summed E-state index contributed by atoms with van der Waals surface area (Å²) in [4.78, 5) is 12.1. The minimum atomic E-state index is -1.11. The van der Waals surface area contributed by atoms with Crippen molar-refractivity contribution in [3.8, 4) is 0 Å². The molecule has 0 bridgehead atoms. The fraction of sp³-hybridized carbons (Fsp3) is 0.375. The Morgan fingerprint density at radius 2 is 2.50 bits per heavy atom. The zero-order valence-corrected chi connectivity index (χ0v) is 9.77. The Bertz CT molecular complexity index is 316. The molecule has 0 aliphatic rings. The van der Waals surface area contributed by atoms with E-state index in [9.17, 15) is 4.79 Å². The van der Waals surface area contributed by atoms with E-state index in [2.05, 4.69) is 21.2 Å². The zero-order chi connectivity index (χ0) is 10.6. The number of carbonyl (C=O) groups is 1. The first-order valence-corrected chi connectivity index (χ1v) is 5.69. The van der Waals surface area contributed by atoms with Crippen LogP contribution in [0.4, 0.5) is 0 Å². The Balaban J connectivity index is 2.37. The lowest BCUT2D eigenvalue weighted by molar-refractivity contribution is -0.128. The van der Waals surface area contributed by atoms with Crippen LogP contribution < -0.4 is 11.1 Å². The van der Waals surface area contributed by atoms with Crippen LogP contribution in [0.1, 0.15) is 4.88 Å². The third-order valence-corrected chi connectivity index (χ3v) is 3.28. The summed E-state index contributed by atoms with van der Waals surface area (Å²) in [7, 11) is 0. The van der Waals surface area contributed by atoms with Crippen molar-refractivity contribution in [2.45, 2.75) is 12.6 Å². The summed E-state index contributed by atoms with van der Waals surface area (Å²) in [6.07, 6.45) is -1.11. The van der Waals surface area contributed by atoms with Gasteiger partial charge in [-0.25, -0.2) is 0 Å². The monoisotopic (exact) mass is 278 g/mol. The van der Waals surface area contributed by atoms with Crippen LogP contribution in [0.3, 0.4) is 0 Å². The topological polar surface area (TPSA) is 75.3 Å². The first-order valence-electron chi connectivity index (χ1n) is 4.02. The van der Waals surface area contributed by atoms with Gasteiger partial charge < -0.3 is 16.2 Å². The Kier molecular flexibility index (Phi) is 4.53. The summed E-state index contributed by atoms with van der Waals surface area (Å²) in [6.45, 7) is 0.367. The smallest absolute Gasteiger partial charge is 0.250 e. The number of rotatable bonds is 4. The molecule has 1 heterocycles. The highest BCUT2D eigenvalue weighted by atomic mass is 79.9. The molecule has 0 aromatic carbocycles. The standard InChI is InChI=1S/C8H11BrN2O2S/c9-5-1-6(14-4-5)3-11-8(13)7(12)2-10/h1,4,7,12H,2-3,10H2,(H,11,13). The maximum atomic E-state index is 11.1. The predicted octanol–water partition coefficient (Wildman–Crippen LogP) is 0.446. The highest BCUT2D eigenvalue weighted by molar-refractivity contribution is 9.10. The minimum absolute atomic E-state index is 0.0556. The largest absolute Gasteiger partial charge is 0.382 e. The van der Waals surface area contributed by atoms with Crippen LogP contribution in [0.25, 0.3) is 0 Å². The second kappa shape index (κ2) is 5.45. The molecule has 1 amide bonds. The summed E-state index contributed by atoms with van der Waals surface area (Å²) >= 11 is 4.85. The van der Waals surface area contributed by atoms with Gasteiger partial charge in [-0.15, -0.1) is 11.3 Å². The highest BCUT2D eigenvalue weighted by Crippen LogP contribution is 2.19. The fourth-order valence-electron chi connectivity index (χ4n) is 0.846. The zero-order valence-electron chi connectivity index (χ0n) is 7.37. The Labute approximate surface area is 94.2 Å². The third kappa shape index (κ3) is 3.38. The first kappa shape index (κ1) is 11.6. The van der Waals surface area contributed by atoms with Gasteiger partial charge in [0.2, 0.25) is 5.91 Å². The molecule has 4 nitrogen and oxygen atoms in total. The van der Waals surface area contributed by atoms with Crippen LogP contribution in [0.5, 0.6) is 0 Å². The van der Waals surface area contributed by atoms with E-state index in [1.165, 1.54) is 11.3 Å². The molecule has 0 saturated carbocycles. The van der Waals surface area contributed by atoms with E-state index < -0.39 is 12.0 Å².